The van der Waals surface area contributed by atoms with Gasteiger partial charge in [0.05, 0.1) is 5.41 Å². The van der Waals surface area contributed by atoms with Crippen molar-refractivity contribution in [1.29, 1.82) is 0 Å². The van der Waals surface area contributed by atoms with Gasteiger partial charge in [0.1, 0.15) is 0 Å². The van der Waals surface area contributed by atoms with Crippen LogP contribution in [0.3, 0.4) is 0 Å². The van der Waals surface area contributed by atoms with Crippen molar-refractivity contribution in [2.45, 2.75) is 13.3 Å². The van der Waals surface area contributed by atoms with Gasteiger partial charge < -0.3 is 10.6 Å². The standard InChI is InChI=1S/C16H17BrN2O/c1-16(8-9-18-10-16)15(20)19-14-7-6-13(17)11-4-2-3-5-12(11)14/h2-7,18H,8-10H2,1H3,(H,19,20). The largest absolute Gasteiger partial charge is 0.325 e. The van der Waals surface area contributed by atoms with Crippen molar-refractivity contribution < 1.29 is 4.79 Å². The Morgan fingerprint density at radius 2 is 2.00 bits per heavy atom. The van der Waals surface area contributed by atoms with Crippen molar-refractivity contribution in [3.05, 3.63) is 40.9 Å². The molecule has 1 atom stereocenters. The maximum absolute atomic E-state index is 12.5. The summed E-state index contributed by atoms with van der Waals surface area (Å²) in [5.74, 6) is 0.0926. The summed E-state index contributed by atoms with van der Waals surface area (Å²) in [6, 6.07) is 12.0. The number of anilines is 1. The van der Waals surface area contributed by atoms with Crippen LogP contribution in [0, 0.1) is 5.41 Å². The number of hydrogen-bond acceptors (Lipinski definition) is 2. The third-order valence-corrected chi connectivity index (χ3v) is 4.73. The van der Waals surface area contributed by atoms with E-state index in [9.17, 15) is 4.79 Å². The summed E-state index contributed by atoms with van der Waals surface area (Å²) in [5.41, 5.74) is 0.565. The second kappa shape index (κ2) is 5.19. The Labute approximate surface area is 126 Å². The molecule has 0 aromatic heterocycles. The molecule has 1 aliphatic heterocycles. The molecule has 104 valence electrons. The van der Waals surface area contributed by atoms with E-state index in [4.69, 9.17) is 0 Å². The molecule has 1 fully saturated rings. The second-order valence-electron chi connectivity index (χ2n) is 5.58. The van der Waals surface area contributed by atoms with Crippen molar-refractivity contribution in [1.82, 2.24) is 5.32 Å². The Morgan fingerprint density at radius 1 is 1.25 bits per heavy atom. The Bertz CT molecular complexity index is 663. The van der Waals surface area contributed by atoms with E-state index < -0.39 is 0 Å². The molecule has 0 spiro atoms. The number of halogens is 1. The highest BCUT2D eigenvalue weighted by atomic mass is 79.9. The maximum Gasteiger partial charge on any atom is 0.231 e. The lowest BCUT2D eigenvalue weighted by atomic mass is 9.88. The van der Waals surface area contributed by atoms with Gasteiger partial charge in [0, 0.05) is 22.1 Å². The van der Waals surface area contributed by atoms with Crippen LogP contribution in [-0.4, -0.2) is 19.0 Å². The molecule has 4 heteroatoms. The van der Waals surface area contributed by atoms with Gasteiger partial charge >= 0.3 is 0 Å². The smallest absolute Gasteiger partial charge is 0.231 e. The molecule has 3 nitrogen and oxygen atoms in total. The first kappa shape index (κ1) is 13.6. The lowest BCUT2D eigenvalue weighted by Crippen LogP contribution is -2.35. The summed E-state index contributed by atoms with van der Waals surface area (Å²) < 4.78 is 1.04. The number of nitrogens with one attached hydrogen (secondary N) is 2. The van der Waals surface area contributed by atoms with Crippen LogP contribution in [0.25, 0.3) is 10.8 Å². The Hall–Kier alpha value is -1.39. The van der Waals surface area contributed by atoms with Gasteiger partial charge in [-0.2, -0.15) is 0 Å². The zero-order valence-corrected chi connectivity index (χ0v) is 13.0. The van der Waals surface area contributed by atoms with Crippen molar-refractivity contribution in [2.24, 2.45) is 5.41 Å². The van der Waals surface area contributed by atoms with Crippen molar-refractivity contribution in [2.75, 3.05) is 18.4 Å². The van der Waals surface area contributed by atoms with Crippen LogP contribution in [0.2, 0.25) is 0 Å². The summed E-state index contributed by atoms with van der Waals surface area (Å²) in [4.78, 5) is 12.5. The number of hydrogen-bond donors (Lipinski definition) is 2. The molecule has 2 aromatic rings. The average Bonchev–Trinajstić information content (AvgIpc) is 2.90. The van der Waals surface area contributed by atoms with Gasteiger partial charge in [0.15, 0.2) is 0 Å². The quantitative estimate of drug-likeness (QED) is 0.883. The minimum Gasteiger partial charge on any atom is -0.325 e. The molecule has 1 saturated heterocycles. The SMILES string of the molecule is CC1(C(=O)Nc2ccc(Br)c3ccccc23)CCNC1. The third kappa shape index (κ3) is 2.34. The predicted molar refractivity (Wildman–Crippen MR) is 85.9 cm³/mol. The minimum absolute atomic E-state index is 0.0926. The third-order valence-electron chi connectivity index (χ3n) is 4.04. The van der Waals surface area contributed by atoms with Crippen molar-refractivity contribution in [3.8, 4) is 0 Å². The van der Waals surface area contributed by atoms with Crippen LogP contribution >= 0.6 is 15.9 Å². The lowest BCUT2D eigenvalue weighted by molar-refractivity contribution is -0.123. The monoisotopic (exact) mass is 332 g/mol. The van der Waals surface area contributed by atoms with Crippen LogP contribution in [0.15, 0.2) is 40.9 Å². The molecule has 0 saturated carbocycles. The summed E-state index contributed by atoms with van der Waals surface area (Å²) in [5, 5.41) is 8.52. The molecule has 1 heterocycles. The number of rotatable bonds is 2. The highest BCUT2D eigenvalue weighted by Gasteiger charge is 2.36. The lowest BCUT2D eigenvalue weighted by Gasteiger charge is -2.22. The molecule has 0 radical (unpaired) electrons. The Balaban J connectivity index is 1.95. The van der Waals surface area contributed by atoms with Gasteiger partial charge in [-0.1, -0.05) is 40.2 Å². The van der Waals surface area contributed by atoms with Gasteiger partial charge in [0.25, 0.3) is 0 Å². The number of carbonyl (C=O) groups excluding carboxylic acids is 1. The molecular formula is C16H17BrN2O. The Kier molecular flexibility index (Phi) is 3.52. The van der Waals surface area contributed by atoms with E-state index in [-0.39, 0.29) is 11.3 Å². The molecule has 0 bridgehead atoms. The molecule has 0 aliphatic carbocycles. The second-order valence-corrected chi connectivity index (χ2v) is 6.44. The van der Waals surface area contributed by atoms with E-state index in [0.717, 1.165) is 40.4 Å². The maximum atomic E-state index is 12.5. The van der Waals surface area contributed by atoms with E-state index in [1.807, 2.05) is 43.3 Å². The van der Waals surface area contributed by atoms with E-state index in [1.165, 1.54) is 0 Å². The van der Waals surface area contributed by atoms with Gasteiger partial charge in [-0.3, -0.25) is 4.79 Å². The molecule has 3 rings (SSSR count). The van der Waals surface area contributed by atoms with Crippen LogP contribution in [0.1, 0.15) is 13.3 Å². The van der Waals surface area contributed by atoms with E-state index in [1.54, 1.807) is 0 Å². The molecule has 1 aliphatic rings. The first-order valence-electron chi connectivity index (χ1n) is 6.80. The van der Waals surface area contributed by atoms with Crippen molar-refractivity contribution >= 4 is 38.3 Å². The van der Waals surface area contributed by atoms with Crippen LogP contribution in [-0.2, 0) is 4.79 Å². The van der Waals surface area contributed by atoms with Crippen LogP contribution < -0.4 is 10.6 Å². The number of carbonyl (C=O) groups is 1. The predicted octanol–water partition coefficient (Wildman–Crippen LogP) is 3.54. The zero-order valence-electron chi connectivity index (χ0n) is 11.4. The van der Waals surface area contributed by atoms with Crippen molar-refractivity contribution in [3.63, 3.8) is 0 Å². The van der Waals surface area contributed by atoms with E-state index in [2.05, 4.69) is 26.6 Å². The summed E-state index contributed by atoms with van der Waals surface area (Å²) >= 11 is 3.55. The fraction of sp³-hybridized carbons (Fsp3) is 0.312. The molecule has 1 amide bonds. The molecule has 2 aromatic carbocycles. The van der Waals surface area contributed by atoms with E-state index in [0.29, 0.717) is 0 Å². The minimum atomic E-state index is -0.311. The normalized spacial score (nSPS) is 22.1. The highest BCUT2D eigenvalue weighted by Crippen LogP contribution is 2.32. The molecule has 2 N–H and O–H groups in total. The molecule has 20 heavy (non-hydrogen) atoms. The first-order valence-corrected chi connectivity index (χ1v) is 7.59. The highest BCUT2D eigenvalue weighted by molar-refractivity contribution is 9.10. The first-order chi connectivity index (χ1) is 9.60. The summed E-state index contributed by atoms with van der Waals surface area (Å²) in [6.45, 7) is 3.67. The fourth-order valence-electron chi connectivity index (χ4n) is 2.66. The van der Waals surface area contributed by atoms with E-state index >= 15 is 0 Å². The van der Waals surface area contributed by atoms with Crippen LogP contribution in [0.4, 0.5) is 5.69 Å². The Morgan fingerprint density at radius 3 is 2.70 bits per heavy atom. The summed E-state index contributed by atoms with van der Waals surface area (Å²) in [7, 11) is 0. The number of amides is 1. The molecule has 1 unspecified atom stereocenters. The average molecular weight is 333 g/mol. The van der Waals surface area contributed by atoms with Crippen LogP contribution in [0.5, 0.6) is 0 Å². The van der Waals surface area contributed by atoms with Gasteiger partial charge in [-0.15, -0.1) is 0 Å². The number of benzene rings is 2. The topological polar surface area (TPSA) is 41.1 Å². The summed E-state index contributed by atoms with van der Waals surface area (Å²) in [6.07, 6.45) is 0.882. The molecular weight excluding hydrogens is 316 g/mol. The number of fused-ring (bicyclic) bond motifs is 1. The van der Waals surface area contributed by atoms with Gasteiger partial charge in [0.2, 0.25) is 5.91 Å². The van der Waals surface area contributed by atoms with Gasteiger partial charge in [-0.25, -0.2) is 0 Å². The zero-order chi connectivity index (χ0) is 14.2. The van der Waals surface area contributed by atoms with Gasteiger partial charge in [-0.05, 0) is 37.4 Å². The fourth-order valence-corrected chi connectivity index (χ4v) is 3.13.